The smallest absolute Gasteiger partial charge is 0.216 e. The molecule has 0 fully saturated rings. The zero-order chi connectivity index (χ0) is 15.1. The van der Waals surface area contributed by atoms with Crippen LogP contribution in [0.3, 0.4) is 0 Å². The highest BCUT2D eigenvalue weighted by molar-refractivity contribution is 5.72. The lowest BCUT2D eigenvalue weighted by Crippen LogP contribution is -2.27. The van der Waals surface area contributed by atoms with E-state index in [-0.39, 0.29) is 5.91 Å². The van der Waals surface area contributed by atoms with Crippen LogP contribution in [0.2, 0.25) is 0 Å². The first kappa shape index (κ1) is 16.7. The van der Waals surface area contributed by atoms with Crippen molar-refractivity contribution >= 4 is 5.91 Å². The van der Waals surface area contributed by atoms with E-state index in [1.165, 1.54) is 12.5 Å². The SMILES string of the molecule is CC(=O)NCCC(O)C(O)c1ccc(CC(C)C)cc1. The zero-order valence-corrected chi connectivity index (χ0v) is 12.5. The van der Waals surface area contributed by atoms with Crippen LogP contribution >= 0.6 is 0 Å². The fourth-order valence-corrected chi connectivity index (χ4v) is 2.10. The van der Waals surface area contributed by atoms with Crippen molar-refractivity contribution in [2.75, 3.05) is 6.54 Å². The molecule has 20 heavy (non-hydrogen) atoms. The van der Waals surface area contributed by atoms with Gasteiger partial charge in [-0.1, -0.05) is 38.1 Å². The van der Waals surface area contributed by atoms with Gasteiger partial charge >= 0.3 is 0 Å². The van der Waals surface area contributed by atoms with Crippen molar-refractivity contribution in [3.63, 3.8) is 0 Å². The van der Waals surface area contributed by atoms with Gasteiger partial charge in [-0.2, -0.15) is 0 Å². The highest BCUT2D eigenvalue weighted by Crippen LogP contribution is 2.20. The molecule has 1 rings (SSSR count). The highest BCUT2D eigenvalue weighted by Gasteiger charge is 2.18. The number of carbonyl (C=O) groups excluding carboxylic acids is 1. The van der Waals surface area contributed by atoms with E-state index in [0.717, 1.165) is 6.42 Å². The minimum Gasteiger partial charge on any atom is -0.390 e. The molecule has 0 aliphatic heterocycles. The summed E-state index contributed by atoms with van der Waals surface area (Å²) in [6.45, 7) is 6.11. The lowest BCUT2D eigenvalue weighted by molar-refractivity contribution is -0.119. The molecule has 4 nitrogen and oxygen atoms in total. The van der Waals surface area contributed by atoms with E-state index in [1.54, 1.807) is 0 Å². The van der Waals surface area contributed by atoms with Gasteiger partial charge in [-0.25, -0.2) is 0 Å². The third kappa shape index (κ3) is 5.72. The maximum absolute atomic E-state index is 10.7. The standard InChI is InChI=1S/C16H25NO3/c1-11(2)10-13-4-6-14(7-5-13)16(20)15(19)8-9-17-12(3)18/h4-7,11,15-16,19-20H,8-10H2,1-3H3,(H,17,18). The Bertz CT molecular complexity index is 414. The molecular weight excluding hydrogens is 254 g/mol. The number of aliphatic hydroxyl groups is 2. The van der Waals surface area contributed by atoms with Crippen LogP contribution in [0.25, 0.3) is 0 Å². The fraction of sp³-hybridized carbons (Fsp3) is 0.562. The van der Waals surface area contributed by atoms with Gasteiger partial charge in [0.05, 0.1) is 6.10 Å². The summed E-state index contributed by atoms with van der Waals surface area (Å²) in [7, 11) is 0. The number of carbonyl (C=O) groups is 1. The molecule has 0 saturated carbocycles. The number of aliphatic hydroxyl groups excluding tert-OH is 2. The normalized spacial score (nSPS) is 14.1. The summed E-state index contributed by atoms with van der Waals surface area (Å²) in [6.07, 6.45) is -0.467. The molecule has 0 aromatic heterocycles. The Kier molecular flexibility index (Phi) is 6.68. The van der Waals surface area contributed by atoms with E-state index in [9.17, 15) is 15.0 Å². The Morgan fingerprint density at radius 3 is 2.30 bits per heavy atom. The van der Waals surface area contributed by atoms with Gasteiger partial charge in [-0.05, 0) is 29.9 Å². The summed E-state index contributed by atoms with van der Waals surface area (Å²) >= 11 is 0. The number of rotatable bonds is 7. The van der Waals surface area contributed by atoms with E-state index < -0.39 is 12.2 Å². The van der Waals surface area contributed by atoms with E-state index >= 15 is 0 Å². The van der Waals surface area contributed by atoms with Crippen LogP contribution in [-0.4, -0.2) is 28.8 Å². The quantitative estimate of drug-likeness (QED) is 0.713. The number of amides is 1. The maximum atomic E-state index is 10.7. The maximum Gasteiger partial charge on any atom is 0.216 e. The topological polar surface area (TPSA) is 69.6 Å². The van der Waals surface area contributed by atoms with Crippen LogP contribution in [-0.2, 0) is 11.2 Å². The molecule has 0 spiro atoms. The van der Waals surface area contributed by atoms with Gasteiger partial charge in [0, 0.05) is 13.5 Å². The highest BCUT2D eigenvalue weighted by atomic mass is 16.3. The second-order valence-corrected chi connectivity index (χ2v) is 5.62. The summed E-state index contributed by atoms with van der Waals surface area (Å²) in [5.41, 5.74) is 1.93. The molecule has 3 N–H and O–H groups in total. The van der Waals surface area contributed by atoms with Crippen molar-refractivity contribution < 1.29 is 15.0 Å². The largest absolute Gasteiger partial charge is 0.390 e. The molecule has 0 radical (unpaired) electrons. The van der Waals surface area contributed by atoms with Crippen molar-refractivity contribution in [3.8, 4) is 0 Å². The first-order valence-electron chi connectivity index (χ1n) is 7.09. The number of hydrogen-bond acceptors (Lipinski definition) is 3. The molecule has 4 heteroatoms. The molecule has 0 aliphatic rings. The summed E-state index contributed by atoms with van der Waals surface area (Å²) in [5, 5.41) is 22.6. The van der Waals surface area contributed by atoms with Crippen molar-refractivity contribution in [3.05, 3.63) is 35.4 Å². The van der Waals surface area contributed by atoms with Crippen LogP contribution in [0, 0.1) is 5.92 Å². The van der Waals surface area contributed by atoms with Gasteiger partial charge < -0.3 is 15.5 Å². The Morgan fingerprint density at radius 2 is 1.80 bits per heavy atom. The predicted octanol–water partition coefficient (Wildman–Crippen LogP) is 1.81. The van der Waals surface area contributed by atoms with Gasteiger partial charge in [0.1, 0.15) is 6.10 Å². The van der Waals surface area contributed by atoms with E-state index in [1.807, 2.05) is 24.3 Å². The van der Waals surface area contributed by atoms with E-state index in [0.29, 0.717) is 24.4 Å². The molecule has 2 atom stereocenters. The van der Waals surface area contributed by atoms with Gasteiger partial charge in [0.15, 0.2) is 0 Å². The molecular formula is C16H25NO3. The monoisotopic (exact) mass is 279 g/mol. The first-order valence-corrected chi connectivity index (χ1v) is 7.09. The Balaban J connectivity index is 2.53. The van der Waals surface area contributed by atoms with Crippen LogP contribution in [0.5, 0.6) is 0 Å². The zero-order valence-electron chi connectivity index (χ0n) is 12.5. The number of nitrogens with one attached hydrogen (secondary N) is 1. The minimum atomic E-state index is -0.920. The van der Waals surface area contributed by atoms with Crippen LogP contribution < -0.4 is 5.32 Å². The van der Waals surface area contributed by atoms with Crippen molar-refractivity contribution in [1.29, 1.82) is 0 Å². The molecule has 0 bridgehead atoms. The van der Waals surface area contributed by atoms with Crippen LogP contribution in [0.15, 0.2) is 24.3 Å². The van der Waals surface area contributed by atoms with Gasteiger partial charge in [0.2, 0.25) is 5.91 Å². The number of hydrogen-bond donors (Lipinski definition) is 3. The average Bonchev–Trinajstić information content (AvgIpc) is 2.37. The third-order valence-corrected chi connectivity index (χ3v) is 3.14. The van der Waals surface area contributed by atoms with Crippen molar-refractivity contribution in [2.24, 2.45) is 5.92 Å². The van der Waals surface area contributed by atoms with Crippen molar-refractivity contribution in [1.82, 2.24) is 5.32 Å². The summed E-state index contributed by atoms with van der Waals surface area (Å²) in [4.78, 5) is 10.7. The second kappa shape index (κ2) is 8.02. The van der Waals surface area contributed by atoms with Crippen molar-refractivity contribution in [2.45, 2.75) is 45.8 Å². The number of benzene rings is 1. The molecule has 112 valence electrons. The Hall–Kier alpha value is -1.39. The van der Waals surface area contributed by atoms with Gasteiger partial charge in [-0.15, -0.1) is 0 Å². The molecule has 0 saturated heterocycles. The molecule has 0 heterocycles. The van der Waals surface area contributed by atoms with Crippen LogP contribution in [0.1, 0.15) is 44.4 Å². The summed E-state index contributed by atoms with van der Waals surface area (Å²) in [5.74, 6) is 0.457. The molecule has 1 amide bonds. The Morgan fingerprint density at radius 1 is 1.20 bits per heavy atom. The minimum absolute atomic E-state index is 0.135. The summed E-state index contributed by atoms with van der Waals surface area (Å²) < 4.78 is 0. The molecule has 2 unspecified atom stereocenters. The summed E-state index contributed by atoms with van der Waals surface area (Å²) in [6, 6.07) is 7.67. The Labute approximate surface area is 120 Å². The molecule has 1 aromatic rings. The second-order valence-electron chi connectivity index (χ2n) is 5.62. The van der Waals surface area contributed by atoms with Gasteiger partial charge in [-0.3, -0.25) is 4.79 Å². The molecule has 1 aromatic carbocycles. The van der Waals surface area contributed by atoms with E-state index in [4.69, 9.17) is 0 Å². The predicted molar refractivity (Wildman–Crippen MR) is 79.3 cm³/mol. The lowest BCUT2D eigenvalue weighted by atomic mass is 9.97. The molecule has 0 aliphatic carbocycles. The van der Waals surface area contributed by atoms with Crippen LogP contribution in [0.4, 0.5) is 0 Å². The average molecular weight is 279 g/mol. The lowest BCUT2D eigenvalue weighted by Gasteiger charge is -2.18. The first-order chi connectivity index (χ1) is 9.40. The fourth-order valence-electron chi connectivity index (χ4n) is 2.10. The van der Waals surface area contributed by atoms with E-state index in [2.05, 4.69) is 19.2 Å². The third-order valence-electron chi connectivity index (χ3n) is 3.14. The van der Waals surface area contributed by atoms with Gasteiger partial charge in [0.25, 0.3) is 0 Å².